The van der Waals surface area contributed by atoms with Crippen molar-refractivity contribution in [2.24, 2.45) is 11.8 Å². The van der Waals surface area contributed by atoms with E-state index in [1.165, 1.54) is 17.6 Å². The van der Waals surface area contributed by atoms with Crippen LogP contribution in [0.5, 0.6) is 0 Å². The van der Waals surface area contributed by atoms with Gasteiger partial charge in [-0.1, -0.05) is 36.8 Å². The first kappa shape index (κ1) is 27.1. The molecular formula is C28H40N4O5. The van der Waals surface area contributed by atoms with Crippen molar-refractivity contribution in [3.8, 4) is 0 Å². The van der Waals surface area contributed by atoms with E-state index in [1.54, 1.807) is 0 Å². The molecule has 9 heteroatoms. The summed E-state index contributed by atoms with van der Waals surface area (Å²) in [7, 11) is 1.36. The molecule has 2 aliphatic heterocycles. The number of unbranched alkanes of at least 4 members (excludes halogenated alkanes) is 2. The number of benzene rings is 1. The van der Waals surface area contributed by atoms with Gasteiger partial charge in [0.25, 0.3) is 0 Å². The molecule has 0 bridgehead atoms. The molecule has 4 rings (SSSR count). The Hall–Kier alpha value is -2.94. The van der Waals surface area contributed by atoms with E-state index in [-0.39, 0.29) is 47.7 Å². The molecular weight excluding hydrogens is 472 g/mol. The maximum atomic E-state index is 12.9. The van der Waals surface area contributed by atoms with Crippen LogP contribution in [0.3, 0.4) is 0 Å². The zero-order valence-corrected chi connectivity index (χ0v) is 21.8. The van der Waals surface area contributed by atoms with Crippen molar-refractivity contribution in [2.45, 2.75) is 76.4 Å². The molecule has 2 heterocycles. The lowest BCUT2D eigenvalue weighted by atomic mass is 9.76. The van der Waals surface area contributed by atoms with Crippen molar-refractivity contribution >= 4 is 23.8 Å². The third-order valence-corrected chi connectivity index (χ3v) is 8.01. The first-order valence-corrected chi connectivity index (χ1v) is 13.7. The smallest absolute Gasteiger partial charge is 0.324 e. The number of likely N-dealkylation sites (tertiary alicyclic amines) is 1. The van der Waals surface area contributed by atoms with Gasteiger partial charge in [0.2, 0.25) is 11.8 Å². The number of urea groups is 1. The summed E-state index contributed by atoms with van der Waals surface area (Å²) in [5.41, 5.74) is 1.32. The number of esters is 1. The van der Waals surface area contributed by atoms with Crippen LogP contribution in [0.15, 0.2) is 30.3 Å². The predicted molar refractivity (Wildman–Crippen MR) is 138 cm³/mol. The number of imide groups is 1. The first-order valence-electron chi connectivity index (χ1n) is 13.7. The van der Waals surface area contributed by atoms with Crippen LogP contribution in [0, 0.1) is 11.8 Å². The van der Waals surface area contributed by atoms with Gasteiger partial charge in [-0.3, -0.25) is 24.2 Å². The van der Waals surface area contributed by atoms with E-state index in [0.717, 1.165) is 45.3 Å². The van der Waals surface area contributed by atoms with E-state index in [1.807, 2.05) is 6.07 Å². The van der Waals surface area contributed by atoms with Gasteiger partial charge in [0.15, 0.2) is 0 Å². The Balaban J connectivity index is 1.09. The molecule has 202 valence electrons. The van der Waals surface area contributed by atoms with E-state index >= 15 is 0 Å². The highest BCUT2D eigenvalue weighted by molar-refractivity contribution is 5.98. The molecule has 0 aromatic heterocycles. The molecule has 3 unspecified atom stereocenters. The molecule has 3 fully saturated rings. The zero-order chi connectivity index (χ0) is 26.2. The fraction of sp³-hybridized carbons (Fsp3) is 0.643. The number of hydrogen-bond acceptors (Lipinski definition) is 6. The lowest BCUT2D eigenvalue weighted by Gasteiger charge is -2.41. The molecule has 3 atom stereocenters. The van der Waals surface area contributed by atoms with Gasteiger partial charge in [0, 0.05) is 44.7 Å². The molecule has 2 saturated heterocycles. The Morgan fingerprint density at radius 2 is 1.78 bits per heavy atom. The number of nitrogens with one attached hydrogen (secondary N) is 2. The number of piperidine rings is 1. The summed E-state index contributed by atoms with van der Waals surface area (Å²) in [5, 5.41) is 6.10. The summed E-state index contributed by atoms with van der Waals surface area (Å²) in [5.74, 6) is -0.880. The van der Waals surface area contributed by atoms with Crippen LogP contribution >= 0.6 is 0 Å². The fourth-order valence-corrected chi connectivity index (χ4v) is 5.86. The van der Waals surface area contributed by atoms with E-state index in [4.69, 9.17) is 4.74 Å². The van der Waals surface area contributed by atoms with Crippen LogP contribution in [-0.4, -0.2) is 72.4 Å². The summed E-state index contributed by atoms with van der Waals surface area (Å²) in [6.07, 6.45) is 6.20. The van der Waals surface area contributed by atoms with Gasteiger partial charge in [-0.25, -0.2) is 4.79 Å². The minimum Gasteiger partial charge on any atom is -0.469 e. The molecule has 37 heavy (non-hydrogen) atoms. The van der Waals surface area contributed by atoms with Gasteiger partial charge in [-0.05, 0) is 50.5 Å². The quantitative estimate of drug-likeness (QED) is 0.369. The van der Waals surface area contributed by atoms with Gasteiger partial charge in [-0.15, -0.1) is 0 Å². The van der Waals surface area contributed by atoms with Crippen LogP contribution in [-0.2, 0) is 25.7 Å². The van der Waals surface area contributed by atoms with Crippen LogP contribution < -0.4 is 10.6 Å². The summed E-state index contributed by atoms with van der Waals surface area (Å²) < 4.78 is 4.83. The van der Waals surface area contributed by atoms with Crippen molar-refractivity contribution in [1.82, 2.24) is 20.4 Å². The molecule has 1 aliphatic carbocycles. The number of ether oxygens (including phenoxy) is 1. The van der Waals surface area contributed by atoms with Gasteiger partial charge in [0.05, 0.1) is 18.9 Å². The predicted octanol–water partition coefficient (Wildman–Crippen LogP) is 2.84. The van der Waals surface area contributed by atoms with Gasteiger partial charge >= 0.3 is 12.0 Å². The van der Waals surface area contributed by atoms with Gasteiger partial charge in [-0.2, -0.15) is 0 Å². The number of methoxy groups -OCH3 is 1. The highest BCUT2D eigenvalue weighted by Gasteiger charge is 2.45. The second-order valence-electron chi connectivity index (χ2n) is 10.6. The summed E-state index contributed by atoms with van der Waals surface area (Å²) >= 11 is 0. The third-order valence-electron chi connectivity index (χ3n) is 8.01. The van der Waals surface area contributed by atoms with Gasteiger partial charge in [0.1, 0.15) is 0 Å². The van der Waals surface area contributed by atoms with E-state index in [9.17, 15) is 19.2 Å². The number of fused-ring (bicyclic) bond motifs is 1. The standard InChI is InChI=1S/C28H40N4O5/c1-37-27(35)21-11-12-23-24(18-21)30-28(36)32(26(23)34)15-7-3-6-10-25(33)29-22-13-16-31(17-14-22)19-20-8-4-2-5-9-20/h2,4-5,8-9,21-24H,3,6-7,10-19H2,1H3,(H,29,33)(H,30,36). The molecule has 0 radical (unpaired) electrons. The maximum absolute atomic E-state index is 12.9. The first-order chi connectivity index (χ1) is 17.9. The topological polar surface area (TPSA) is 108 Å². The summed E-state index contributed by atoms with van der Waals surface area (Å²) in [6.45, 7) is 3.28. The normalized spacial score (nSPS) is 24.8. The minimum absolute atomic E-state index is 0.0820. The number of nitrogens with zero attached hydrogens (tertiary/aromatic N) is 2. The molecule has 9 nitrogen and oxygen atoms in total. The molecule has 0 spiro atoms. The third kappa shape index (κ3) is 7.31. The monoisotopic (exact) mass is 512 g/mol. The van der Waals surface area contributed by atoms with Crippen molar-refractivity contribution in [3.63, 3.8) is 0 Å². The molecule has 1 aromatic rings. The van der Waals surface area contributed by atoms with Crippen molar-refractivity contribution in [1.29, 1.82) is 0 Å². The number of amides is 4. The average Bonchev–Trinajstić information content (AvgIpc) is 2.91. The van der Waals surface area contributed by atoms with Crippen molar-refractivity contribution in [2.75, 3.05) is 26.7 Å². The van der Waals surface area contributed by atoms with Crippen molar-refractivity contribution in [3.05, 3.63) is 35.9 Å². The van der Waals surface area contributed by atoms with Crippen LogP contribution in [0.1, 0.15) is 63.4 Å². The molecule has 4 amide bonds. The second-order valence-corrected chi connectivity index (χ2v) is 10.6. The second kappa shape index (κ2) is 13.0. The van der Waals surface area contributed by atoms with Crippen LogP contribution in [0.25, 0.3) is 0 Å². The molecule has 3 aliphatic rings. The highest BCUT2D eigenvalue weighted by Crippen LogP contribution is 2.33. The lowest BCUT2D eigenvalue weighted by molar-refractivity contribution is -0.149. The SMILES string of the molecule is COC(=O)C1CCC2C(=O)N(CCCCCC(=O)NC3CCN(Cc4ccccc4)CC3)C(=O)NC2C1. The Kier molecular flexibility index (Phi) is 9.55. The number of carbonyl (C=O) groups is 4. The summed E-state index contributed by atoms with van der Waals surface area (Å²) in [6, 6.07) is 10.0. The molecule has 2 N–H and O–H groups in total. The van der Waals surface area contributed by atoms with Crippen LogP contribution in [0.2, 0.25) is 0 Å². The Bertz CT molecular complexity index is 947. The Morgan fingerprint density at radius 3 is 2.51 bits per heavy atom. The lowest BCUT2D eigenvalue weighted by Crippen LogP contribution is -2.61. The van der Waals surface area contributed by atoms with Crippen LogP contribution in [0.4, 0.5) is 4.79 Å². The zero-order valence-electron chi connectivity index (χ0n) is 21.8. The number of carbonyl (C=O) groups excluding carboxylic acids is 4. The van der Waals surface area contributed by atoms with Crippen molar-refractivity contribution < 1.29 is 23.9 Å². The Morgan fingerprint density at radius 1 is 1.03 bits per heavy atom. The largest absolute Gasteiger partial charge is 0.469 e. The fourth-order valence-electron chi connectivity index (χ4n) is 5.86. The average molecular weight is 513 g/mol. The summed E-state index contributed by atoms with van der Waals surface area (Å²) in [4.78, 5) is 53.5. The Labute approximate surface area is 219 Å². The van der Waals surface area contributed by atoms with E-state index < -0.39 is 0 Å². The highest BCUT2D eigenvalue weighted by atomic mass is 16.5. The number of hydrogen-bond donors (Lipinski definition) is 2. The van der Waals surface area contributed by atoms with E-state index in [2.05, 4.69) is 39.8 Å². The number of rotatable bonds is 10. The van der Waals surface area contributed by atoms with Gasteiger partial charge < -0.3 is 15.4 Å². The maximum Gasteiger partial charge on any atom is 0.324 e. The molecule has 1 aromatic carbocycles. The molecule has 1 saturated carbocycles. The minimum atomic E-state index is -0.381. The van der Waals surface area contributed by atoms with E-state index in [0.29, 0.717) is 38.6 Å².